The first-order chi connectivity index (χ1) is 8.81. The van der Waals surface area contributed by atoms with Gasteiger partial charge >= 0.3 is 0 Å². The summed E-state index contributed by atoms with van der Waals surface area (Å²) in [5.74, 6) is 2.67. The predicted molar refractivity (Wildman–Crippen MR) is 85.2 cm³/mol. The highest BCUT2D eigenvalue weighted by molar-refractivity contribution is 7.99. The van der Waals surface area contributed by atoms with Gasteiger partial charge in [0.25, 0.3) is 0 Å². The molecule has 5 heteroatoms. The van der Waals surface area contributed by atoms with Gasteiger partial charge in [-0.05, 0) is 25.7 Å². The van der Waals surface area contributed by atoms with E-state index in [1.54, 1.807) is 0 Å². The van der Waals surface area contributed by atoms with Crippen molar-refractivity contribution in [3.8, 4) is 0 Å². The van der Waals surface area contributed by atoms with Crippen LogP contribution in [0.4, 0.5) is 0 Å². The van der Waals surface area contributed by atoms with Crippen molar-refractivity contribution in [3.63, 3.8) is 0 Å². The third-order valence-electron chi connectivity index (χ3n) is 3.99. The molecule has 0 aliphatic carbocycles. The lowest BCUT2D eigenvalue weighted by Gasteiger charge is -2.37. The number of carbonyl (C=O) groups excluding carboxylic acids is 1. The van der Waals surface area contributed by atoms with Gasteiger partial charge in [0, 0.05) is 43.1 Å². The van der Waals surface area contributed by atoms with Gasteiger partial charge in [-0.15, -0.1) is 12.4 Å². The molecule has 0 radical (unpaired) electrons. The van der Waals surface area contributed by atoms with Crippen LogP contribution < -0.4 is 5.32 Å². The second-order valence-corrected chi connectivity index (χ2v) is 6.61. The Morgan fingerprint density at radius 1 is 1.42 bits per heavy atom. The topological polar surface area (TPSA) is 32.3 Å². The van der Waals surface area contributed by atoms with Crippen LogP contribution in [0.5, 0.6) is 0 Å². The van der Waals surface area contributed by atoms with Crippen molar-refractivity contribution in [2.24, 2.45) is 0 Å². The fraction of sp³-hybridized carbons (Fsp3) is 0.929. The van der Waals surface area contributed by atoms with E-state index >= 15 is 0 Å². The quantitative estimate of drug-likeness (QED) is 0.867. The van der Waals surface area contributed by atoms with Crippen molar-refractivity contribution in [2.75, 3.05) is 24.6 Å². The van der Waals surface area contributed by atoms with E-state index in [1.807, 2.05) is 11.8 Å². The normalized spacial score (nSPS) is 27.7. The lowest BCUT2D eigenvalue weighted by atomic mass is 9.97. The molecule has 0 saturated carbocycles. The van der Waals surface area contributed by atoms with Crippen molar-refractivity contribution in [1.82, 2.24) is 10.2 Å². The van der Waals surface area contributed by atoms with E-state index in [1.165, 1.54) is 37.9 Å². The van der Waals surface area contributed by atoms with Crippen LogP contribution in [-0.4, -0.2) is 47.5 Å². The molecule has 2 aliphatic rings. The molecule has 2 aliphatic heterocycles. The highest BCUT2D eigenvalue weighted by atomic mass is 35.5. The second-order valence-electron chi connectivity index (χ2n) is 5.46. The third-order valence-corrected chi connectivity index (χ3v) is 5.12. The minimum atomic E-state index is 0. The van der Waals surface area contributed by atoms with Crippen LogP contribution >= 0.6 is 24.2 Å². The molecule has 1 amide bonds. The van der Waals surface area contributed by atoms with Crippen molar-refractivity contribution < 1.29 is 4.79 Å². The maximum atomic E-state index is 12.4. The van der Waals surface area contributed by atoms with Gasteiger partial charge in [0.2, 0.25) is 5.91 Å². The summed E-state index contributed by atoms with van der Waals surface area (Å²) in [7, 11) is 0. The molecule has 0 aromatic heterocycles. The number of amides is 1. The zero-order chi connectivity index (χ0) is 12.8. The standard InChI is InChI=1S/C14H26N2OS.ClH/c1-2-5-13-6-3-4-8-16(13)14(17)10-12-11-18-9-7-15-12;/h12-13,15H,2-11H2,1H3;1H. The van der Waals surface area contributed by atoms with Gasteiger partial charge in [-0.3, -0.25) is 4.79 Å². The molecule has 0 aromatic rings. The summed E-state index contributed by atoms with van der Waals surface area (Å²) in [6, 6.07) is 0.924. The van der Waals surface area contributed by atoms with Gasteiger partial charge in [0.05, 0.1) is 0 Å². The van der Waals surface area contributed by atoms with Gasteiger partial charge in [-0.2, -0.15) is 11.8 Å². The number of hydrogen-bond acceptors (Lipinski definition) is 3. The largest absolute Gasteiger partial charge is 0.340 e. The molecule has 0 aromatic carbocycles. The highest BCUT2D eigenvalue weighted by Gasteiger charge is 2.27. The summed E-state index contributed by atoms with van der Waals surface area (Å²) in [5.41, 5.74) is 0. The number of carbonyl (C=O) groups is 1. The Bertz CT molecular complexity index is 270. The first-order valence-electron chi connectivity index (χ1n) is 7.42. The van der Waals surface area contributed by atoms with Crippen molar-refractivity contribution in [3.05, 3.63) is 0 Å². The van der Waals surface area contributed by atoms with Gasteiger partial charge < -0.3 is 10.2 Å². The van der Waals surface area contributed by atoms with E-state index in [0.717, 1.165) is 18.8 Å². The van der Waals surface area contributed by atoms with Crippen LogP contribution in [0, 0.1) is 0 Å². The van der Waals surface area contributed by atoms with E-state index in [9.17, 15) is 4.79 Å². The number of hydrogen-bond donors (Lipinski definition) is 1. The average Bonchev–Trinajstić information content (AvgIpc) is 2.41. The van der Waals surface area contributed by atoms with Crippen LogP contribution in [0.2, 0.25) is 0 Å². The van der Waals surface area contributed by atoms with Gasteiger partial charge in [0.15, 0.2) is 0 Å². The van der Waals surface area contributed by atoms with Crippen LogP contribution in [0.15, 0.2) is 0 Å². The van der Waals surface area contributed by atoms with E-state index in [0.29, 0.717) is 24.4 Å². The maximum absolute atomic E-state index is 12.4. The van der Waals surface area contributed by atoms with Crippen LogP contribution in [-0.2, 0) is 4.79 Å². The Hall–Kier alpha value is 0.0700. The summed E-state index contributed by atoms with van der Waals surface area (Å²) in [6.45, 7) is 4.26. The molecule has 2 heterocycles. The molecule has 112 valence electrons. The van der Waals surface area contributed by atoms with E-state index in [-0.39, 0.29) is 12.4 Å². The smallest absolute Gasteiger partial charge is 0.224 e. The summed E-state index contributed by atoms with van der Waals surface area (Å²) >= 11 is 1.97. The molecule has 2 saturated heterocycles. The number of nitrogens with one attached hydrogen (secondary N) is 1. The van der Waals surface area contributed by atoms with Crippen molar-refractivity contribution >= 4 is 30.1 Å². The third kappa shape index (κ3) is 5.16. The molecule has 3 nitrogen and oxygen atoms in total. The number of rotatable bonds is 4. The van der Waals surface area contributed by atoms with Gasteiger partial charge in [-0.25, -0.2) is 0 Å². The highest BCUT2D eigenvalue weighted by Crippen LogP contribution is 2.22. The minimum Gasteiger partial charge on any atom is -0.340 e. The fourth-order valence-corrected chi connectivity index (χ4v) is 3.99. The number of halogens is 1. The zero-order valence-corrected chi connectivity index (χ0v) is 13.5. The molecule has 2 fully saturated rings. The number of nitrogens with zero attached hydrogens (tertiary/aromatic N) is 1. The Morgan fingerprint density at radius 3 is 2.95 bits per heavy atom. The second kappa shape index (κ2) is 9.09. The number of thioether (sulfide) groups is 1. The van der Waals surface area contributed by atoms with Gasteiger partial charge in [-0.1, -0.05) is 13.3 Å². The summed E-state index contributed by atoms with van der Waals surface area (Å²) in [5, 5.41) is 3.47. The molecular weight excluding hydrogens is 280 g/mol. The van der Waals surface area contributed by atoms with E-state index < -0.39 is 0 Å². The predicted octanol–water partition coefficient (Wildman–Crippen LogP) is 2.68. The minimum absolute atomic E-state index is 0. The van der Waals surface area contributed by atoms with E-state index in [4.69, 9.17) is 0 Å². The average molecular weight is 307 g/mol. The SMILES string of the molecule is CCCC1CCCCN1C(=O)CC1CSCCN1.Cl. The molecule has 2 atom stereocenters. The lowest BCUT2D eigenvalue weighted by molar-refractivity contribution is -0.135. The van der Waals surface area contributed by atoms with Crippen LogP contribution in [0.3, 0.4) is 0 Å². The Morgan fingerprint density at radius 2 is 2.26 bits per heavy atom. The number of piperidine rings is 1. The van der Waals surface area contributed by atoms with E-state index in [2.05, 4.69) is 17.1 Å². The Balaban J connectivity index is 0.00000180. The van der Waals surface area contributed by atoms with Gasteiger partial charge in [0.1, 0.15) is 0 Å². The lowest BCUT2D eigenvalue weighted by Crippen LogP contribution is -2.47. The zero-order valence-electron chi connectivity index (χ0n) is 11.9. The maximum Gasteiger partial charge on any atom is 0.224 e. The van der Waals surface area contributed by atoms with Crippen LogP contribution in [0.1, 0.15) is 45.4 Å². The van der Waals surface area contributed by atoms with Crippen LogP contribution in [0.25, 0.3) is 0 Å². The Kier molecular flexibility index (Phi) is 8.19. The Labute approximate surface area is 127 Å². The van der Waals surface area contributed by atoms with Crippen molar-refractivity contribution in [2.45, 2.75) is 57.5 Å². The molecule has 0 bridgehead atoms. The molecule has 1 N–H and O–H groups in total. The fourth-order valence-electron chi connectivity index (χ4n) is 3.04. The molecule has 2 rings (SSSR count). The summed E-state index contributed by atoms with van der Waals surface area (Å²) < 4.78 is 0. The summed E-state index contributed by atoms with van der Waals surface area (Å²) in [6.07, 6.45) is 6.77. The summed E-state index contributed by atoms with van der Waals surface area (Å²) in [4.78, 5) is 14.6. The number of likely N-dealkylation sites (tertiary alicyclic amines) is 1. The molecule has 2 unspecified atom stereocenters. The first-order valence-corrected chi connectivity index (χ1v) is 8.57. The molecular formula is C14H27ClN2OS. The monoisotopic (exact) mass is 306 g/mol. The van der Waals surface area contributed by atoms with Crippen molar-refractivity contribution in [1.29, 1.82) is 0 Å². The molecule has 19 heavy (non-hydrogen) atoms. The molecule has 0 spiro atoms. The first kappa shape index (κ1) is 17.1.